The van der Waals surface area contributed by atoms with Crippen molar-refractivity contribution in [3.63, 3.8) is 0 Å². The van der Waals surface area contributed by atoms with Crippen LogP contribution in [0.1, 0.15) is 42.9 Å². The molecule has 2 aromatic rings. The van der Waals surface area contributed by atoms with E-state index < -0.39 is 29.6 Å². The monoisotopic (exact) mass is 506 g/mol. The minimum Gasteiger partial charge on any atom is -0.396 e. The van der Waals surface area contributed by atoms with Crippen molar-refractivity contribution in [3.05, 3.63) is 76.7 Å². The molecule has 1 heterocycles. The standard InChI is InChI=1S/C25H29F3N4O4/c1-17(34)32(29-14-19-5-4-7-23(27)24(19)28)22(6-2-3-12-33)16-36-30-25(35)31-11-10-18-13-21(26)9-8-20(18)15-31/h4-5,7-11,13,22,29,33H,2-3,6,12,14-16H2,1H3,(H,30,35)/t22-/m0/s1. The van der Waals surface area contributed by atoms with E-state index >= 15 is 0 Å². The third-order valence-corrected chi connectivity index (χ3v) is 5.70. The van der Waals surface area contributed by atoms with Crippen molar-refractivity contribution in [2.45, 2.75) is 45.3 Å². The maximum Gasteiger partial charge on any atom is 0.345 e. The van der Waals surface area contributed by atoms with E-state index in [-0.39, 0.29) is 37.7 Å². The fourth-order valence-electron chi connectivity index (χ4n) is 3.80. The predicted octanol–water partition coefficient (Wildman–Crippen LogP) is 3.62. The molecule has 3 N–H and O–H groups in total. The number of carbonyl (C=O) groups excluding carboxylic acids is 2. The Bertz CT molecular complexity index is 1100. The summed E-state index contributed by atoms with van der Waals surface area (Å²) in [6.45, 7) is 1.26. The fourth-order valence-corrected chi connectivity index (χ4v) is 3.80. The van der Waals surface area contributed by atoms with Gasteiger partial charge in [0.15, 0.2) is 11.6 Å². The molecule has 11 heteroatoms. The number of halogens is 3. The van der Waals surface area contributed by atoms with Crippen LogP contribution in [-0.4, -0.2) is 46.2 Å². The van der Waals surface area contributed by atoms with Crippen LogP contribution in [0.25, 0.3) is 6.08 Å². The van der Waals surface area contributed by atoms with Crippen LogP contribution in [0.4, 0.5) is 18.0 Å². The van der Waals surface area contributed by atoms with Crippen molar-refractivity contribution in [2.24, 2.45) is 0 Å². The van der Waals surface area contributed by atoms with Gasteiger partial charge in [-0.3, -0.25) is 19.5 Å². The van der Waals surface area contributed by atoms with Gasteiger partial charge >= 0.3 is 6.03 Å². The first kappa shape index (κ1) is 27.2. The van der Waals surface area contributed by atoms with Crippen LogP contribution in [-0.2, 0) is 22.7 Å². The van der Waals surface area contributed by atoms with Crippen molar-refractivity contribution in [1.29, 1.82) is 0 Å². The Morgan fingerprint density at radius 1 is 1.19 bits per heavy atom. The Morgan fingerprint density at radius 3 is 2.75 bits per heavy atom. The number of amides is 3. The number of carbonyl (C=O) groups is 2. The molecule has 3 amide bonds. The Balaban J connectivity index is 1.59. The molecule has 0 bridgehead atoms. The third-order valence-electron chi connectivity index (χ3n) is 5.70. The number of hydrazine groups is 1. The normalized spacial score (nSPS) is 13.3. The number of aliphatic hydroxyl groups excluding tert-OH is 1. The van der Waals surface area contributed by atoms with Gasteiger partial charge in [-0.05, 0) is 54.7 Å². The minimum atomic E-state index is -1.01. The van der Waals surface area contributed by atoms with Gasteiger partial charge in [-0.25, -0.2) is 28.9 Å². The van der Waals surface area contributed by atoms with Crippen LogP contribution in [0.3, 0.4) is 0 Å². The number of benzene rings is 2. The molecule has 0 spiro atoms. The molecule has 1 aliphatic heterocycles. The summed E-state index contributed by atoms with van der Waals surface area (Å²) < 4.78 is 41.0. The zero-order valence-corrected chi connectivity index (χ0v) is 19.8. The van der Waals surface area contributed by atoms with E-state index in [1.165, 1.54) is 47.3 Å². The van der Waals surface area contributed by atoms with Gasteiger partial charge in [0.2, 0.25) is 5.91 Å². The summed E-state index contributed by atoms with van der Waals surface area (Å²) in [6.07, 6.45) is 4.59. The lowest BCUT2D eigenvalue weighted by molar-refractivity contribution is -0.138. The Labute approximate surface area is 207 Å². The molecule has 0 saturated carbocycles. The van der Waals surface area contributed by atoms with E-state index in [1.54, 1.807) is 12.1 Å². The Hall–Kier alpha value is -3.41. The minimum absolute atomic E-state index is 0.0288. The smallest absolute Gasteiger partial charge is 0.345 e. The van der Waals surface area contributed by atoms with E-state index in [0.717, 1.165) is 11.6 Å². The lowest BCUT2D eigenvalue weighted by Gasteiger charge is -2.31. The summed E-state index contributed by atoms with van der Waals surface area (Å²) in [6, 6.07) is 6.95. The third kappa shape index (κ3) is 7.30. The summed E-state index contributed by atoms with van der Waals surface area (Å²) in [4.78, 5) is 31.7. The van der Waals surface area contributed by atoms with Gasteiger partial charge in [0.25, 0.3) is 0 Å². The maximum absolute atomic E-state index is 14.0. The Morgan fingerprint density at radius 2 is 2.00 bits per heavy atom. The van der Waals surface area contributed by atoms with E-state index in [0.29, 0.717) is 24.8 Å². The first-order valence-corrected chi connectivity index (χ1v) is 11.5. The zero-order valence-electron chi connectivity index (χ0n) is 19.8. The largest absolute Gasteiger partial charge is 0.396 e. The number of nitrogens with one attached hydrogen (secondary N) is 2. The number of hydrogen-bond donors (Lipinski definition) is 3. The van der Waals surface area contributed by atoms with Gasteiger partial charge < -0.3 is 5.11 Å². The predicted molar refractivity (Wildman–Crippen MR) is 126 cm³/mol. The SMILES string of the molecule is CC(=O)N(NCc1cccc(F)c1F)[C@@H](CCCCO)CONC(=O)N1C=Cc2cc(F)ccc2C1. The summed E-state index contributed by atoms with van der Waals surface area (Å²) >= 11 is 0. The summed E-state index contributed by atoms with van der Waals surface area (Å²) in [5.74, 6) is -2.75. The van der Waals surface area contributed by atoms with Crippen molar-refractivity contribution in [1.82, 2.24) is 20.8 Å². The van der Waals surface area contributed by atoms with Crippen molar-refractivity contribution >= 4 is 18.0 Å². The molecular formula is C25H29F3N4O4. The summed E-state index contributed by atoms with van der Waals surface area (Å²) in [5.41, 5.74) is 6.65. The topological polar surface area (TPSA) is 94.1 Å². The first-order chi connectivity index (χ1) is 17.3. The van der Waals surface area contributed by atoms with E-state index in [1.807, 2.05) is 0 Å². The molecule has 36 heavy (non-hydrogen) atoms. The molecule has 0 aromatic heterocycles. The molecule has 3 rings (SSSR count). The fraction of sp³-hybridized carbons (Fsp3) is 0.360. The molecule has 8 nitrogen and oxygen atoms in total. The number of fused-ring (bicyclic) bond motifs is 1. The molecule has 1 aliphatic rings. The average molecular weight is 507 g/mol. The Kier molecular flexibility index (Phi) is 9.86. The van der Waals surface area contributed by atoms with Crippen molar-refractivity contribution < 1.29 is 32.7 Å². The number of rotatable bonds is 11. The van der Waals surface area contributed by atoms with Crippen LogP contribution in [0.15, 0.2) is 42.6 Å². The lowest BCUT2D eigenvalue weighted by atomic mass is 10.0. The van der Waals surface area contributed by atoms with Gasteiger partial charge in [0.1, 0.15) is 5.82 Å². The number of unbranched alkanes of at least 4 members (excludes halogenated alkanes) is 1. The van der Waals surface area contributed by atoms with Gasteiger partial charge in [-0.1, -0.05) is 18.2 Å². The van der Waals surface area contributed by atoms with Crippen molar-refractivity contribution in [3.8, 4) is 0 Å². The molecule has 194 valence electrons. The average Bonchev–Trinajstić information content (AvgIpc) is 2.85. The van der Waals surface area contributed by atoms with Crippen LogP contribution in [0.2, 0.25) is 0 Å². The number of hydrogen-bond acceptors (Lipinski definition) is 5. The highest BCUT2D eigenvalue weighted by molar-refractivity contribution is 5.76. The zero-order chi connectivity index (χ0) is 26.1. The lowest BCUT2D eigenvalue weighted by Crippen LogP contribution is -2.51. The van der Waals surface area contributed by atoms with Gasteiger partial charge in [0, 0.05) is 31.8 Å². The van der Waals surface area contributed by atoms with Crippen LogP contribution >= 0.6 is 0 Å². The number of nitrogens with zero attached hydrogens (tertiary/aromatic N) is 2. The highest BCUT2D eigenvalue weighted by Crippen LogP contribution is 2.21. The van der Waals surface area contributed by atoms with Crippen molar-refractivity contribution in [2.75, 3.05) is 13.2 Å². The molecule has 0 saturated heterocycles. The molecule has 0 radical (unpaired) electrons. The molecular weight excluding hydrogens is 477 g/mol. The summed E-state index contributed by atoms with van der Waals surface area (Å²) in [5, 5.41) is 10.4. The number of urea groups is 1. The molecule has 0 unspecified atom stereocenters. The van der Waals surface area contributed by atoms with E-state index in [9.17, 15) is 22.8 Å². The van der Waals surface area contributed by atoms with E-state index in [4.69, 9.17) is 9.94 Å². The van der Waals surface area contributed by atoms with Gasteiger partial charge in [-0.2, -0.15) is 0 Å². The second-order valence-electron chi connectivity index (χ2n) is 8.32. The number of hydroxylamine groups is 1. The second kappa shape index (κ2) is 13.1. The van der Waals surface area contributed by atoms with E-state index in [2.05, 4.69) is 10.9 Å². The second-order valence-corrected chi connectivity index (χ2v) is 8.32. The van der Waals surface area contributed by atoms with Crippen LogP contribution in [0, 0.1) is 17.5 Å². The highest BCUT2D eigenvalue weighted by Gasteiger charge is 2.23. The van der Waals surface area contributed by atoms with Gasteiger partial charge in [-0.15, -0.1) is 0 Å². The quantitative estimate of drug-likeness (QED) is 0.320. The summed E-state index contributed by atoms with van der Waals surface area (Å²) in [7, 11) is 0. The maximum atomic E-state index is 14.0. The highest BCUT2D eigenvalue weighted by atomic mass is 19.2. The molecule has 1 atom stereocenters. The molecule has 0 aliphatic carbocycles. The van der Waals surface area contributed by atoms with Crippen LogP contribution in [0.5, 0.6) is 0 Å². The molecule has 0 fully saturated rings. The number of aliphatic hydroxyl groups is 1. The first-order valence-electron chi connectivity index (χ1n) is 11.5. The van der Waals surface area contributed by atoms with Crippen LogP contribution < -0.4 is 10.9 Å². The molecule has 2 aromatic carbocycles. The van der Waals surface area contributed by atoms with Gasteiger partial charge in [0.05, 0.1) is 19.2 Å².